The summed E-state index contributed by atoms with van der Waals surface area (Å²) in [6, 6.07) is 0.392. The van der Waals surface area contributed by atoms with E-state index in [1.165, 1.54) is 22.5 Å². The summed E-state index contributed by atoms with van der Waals surface area (Å²) < 4.78 is 0. The molecule has 0 atom stereocenters. The van der Waals surface area contributed by atoms with Crippen LogP contribution in [0.1, 0.15) is 25.0 Å². The zero-order chi connectivity index (χ0) is 13.9. The Balaban J connectivity index is 2.26. The van der Waals surface area contributed by atoms with E-state index in [0.717, 1.165) is 11.4 Å². The van der Waals surface area contributed by atoms with Crippen molar-refractivity contribution in [1.82, 2.24) is 5.12 Å². The molecule has 5 heteroatoms. The molecule has 19 heavy (non-hydrogen) atoms. The van der Waals surface area contributed by atoms with Gasteiger partial charge in [-0.2, -0.15) is 0 Å². The maximum absolute atomic E-state index is 4.29. The molecule has 0 fully saturated rings. The Hall–Kier alpha value is -1.84. The molecule has 0 aromatic heterocycles. The molecular weight excluding hydrogens is 238 g/mol. The lowest BCUT2D eigenvalue weighted by Crippen LogP contribution is -2.49. The van der Waals surface area contributed by atoms with E-state index in [4.69, 9.17) is 0 Å². The topological polar surface area (TPSA) is 36.2 Å². The second-order valence-corrected chi connectivity index (χ2v) is 5.43. The van der Waals surface area contributed by atoms with Crippen molar-refractivity contribution >= 4 is 29.1 Å². The number of hydrogen-bond donors (Lipinski definition) is 0. The van der Waals surface area contributed by atoms with Crippen LogP contribution in [0.3, 0.4) is 0 Å². The standard InChI is InChI=1S/C14H19N5/c1-8(2)19-17(5)13-9(3)11-12(16-7-15-11)10(4)14(13)18(19)6/h8H,1-6H3. The average Bonchev–Trinajstić information content (AvgIpc) is 2.90. The zero-order valence-electron chi connectivity index (χ0n) is 12.3. The molecule has 3 rings (SSSR count). The average molecular weight is 257 g/mol. The van der Waals surface area contributed by atoms with Crippen LogP contribution >= 0.6 is 0 Å². The number of rotatable bonds is 1. The van der Waals surface area contributed by atoms with Gasteiger partial charge in [0.05, 0.1) is 22.5 Å². The lowest BCUT2D eigenvalue weighted by atomic mass is 10.0. The van der Waals surface area contributed by atoms with Crippen molar-refractivity contribution in [2.75, 3.05) is 24.1 Å². The second-order valence-electron chi connectivity index (χ2n) is 5.43. The Kier molecular flexibility index (Phi) is 2.46. The monoisotopic (exact) mass is 257 g/mol. The molecule has 1 aromatic rings. The summed E-state index contributed by atoms with van der Waals surface area (Å²) in [5.41, 5.74) is 6.69. The number of hydrazine groups is 2. The van der Waals surface area contributed by atoms with Gasteiger partial charge in [-0.25, -0.2) is 0 Å². The summed E-state index contributed by atoms with van der Waals surface area (Å²) in [4.78, 5) is 4.29. The lowest BCUT2D eigenvalue weighted by Gasteiger charge is -2.34. The van der Waals surface area contributed by atoms with Crippen LogP contribution in [0.15, 0.2) is 4.99 Å². The van der Waals surface area contributed by atoms with E-state index in [-0.39, 0.29) is 0 Å². The van der Waals surface area contributed by atoms with E-state index in [1.807, 2.05) is 0 Å². The number of aliphatic imine (C=N–C) groups is 1. The summed E-state index contributed by atoms with van der Waals surface area (Å²) in [7, 11) is 4.20. The maximum atomic E-state index is 4.29. The summed E-state index contributed by atoms with van der Waals surface area (Å²) in [6.45, 7) is 8.59. The summed E-state index contributed by atoms with van der Waals surface area (Å²) in [5.74, 6) is 0. The Labute approximate surface area is 114 Å². The number of anilines is 2. The van der Waals surface area contributed by atoms with Crippen LogP contribution in [-0.4, -0.2) is 31.6 Å². The third kappa shape index (κ3) is 1.40. The largest absolute Gasteiger partial charge is 0.287 e. The van der Waals surface area contributed by atoms with Crippen LogP contribution in [0, 0.1) is 13.8 Å². The van der Waals surface area contributed by atoms with Crippen LogP contribution in [0.5, 0.6) is 0 Å². The third-order valence-corrected chi connectivity index (χ3v) is 3.92. The van der Waals surface area contributed by atoms with Crippen LogP contribution in [0.25, 0.3) is 5.32 Å². The molecule has 2 heterocycles. The molecule has 0 radical (unpaired) electrons. The smallest absolute Gasteiger partial charge is 0.130 e. The van der Waals surface area contributed by atoms with E-state index >= 15 is 0 Å². The van der Waals surface area contributed by atoms with Crippen molar-refractivity contribution in [1.29, 1.82) is 0 Å². The first-order chi connectivity index (χ1) is 8.95. The quantitative estimate of drug-likeness (QED) is 0.724. The van der Waals surface area contributed by atoms with Crippen LogP contribution < -0.4 is 10.0 Å². The van der Waals surface area contributed by atoms with E-state index < -0.39 is 0 Å². The van der Waals surface area contributed by atoms with Gasteiger partial charge in [-0.1, -0.05) is 0 Å². The Morgan fingerprint density at radius 1 is 1.05 bits per heavy atom. The van der Waals surface area contributed by atoms with Crippen LogP contribution in [0.2, 0.25) is 0 Å². The van der Waals surface area contributed by atoms with Gasteiger partial charge in [-0.15, -0.1) is 5.12 Å². The predicted octanol–water partition coefficient (Wildman–Crippen LogP) is 3.29. The molecule has 2 aliphatic rings. The first-order valence-corrected chi connectivity index (χ1v) is 6.55. The first-order valence-electron chi connectivity index (χ1n) is 6.55. The summed E-state index contributed by atoms with van der Waals surface area (Å²) >= 11 is 0. The highest BCUT2D eigenvalue weighted by Crippen LogP contribution is 2.54. The number of nitrogens with zero attached hydrogens (tertiary/aromatic N) is 5. The number of fused-ring (bicyclic) bond motifs is 2. The minimum absolute atomic E-state index is 0.392. The SMILES string of the molecule is Cc1c2c(c(C)c3c1N(C)N(C(C)C)N3C)[N-][C+]=N2. The molecule has 0 amide bonds. The molecule has 2 aliphatic heterocycles. The Bertz CT molecular complexity index is 576. The molecule has 0 saturated carbocycles. The third-order valence-electron chi connectivity index (χ3n) is 3.92. The minimum Gasteiger partial charge on any atom is -0.287 e. The molecular formula is C14H19N5. The van der Waals surface area contributed by atoms with Crippen molar-refractivity contribution in [2.24, 2.45) is 4.99 Å². The van der Waals surface area contributed by atoms with Gasteiger partial charge in [0.1, 0.15) is 11.4 Å². The highest BCUT2D eigenvalue weighted by Gasteiger charge is 2.38. The van der Waals surface area contributed by atoms with Crippen molar-refractivity contribution in [3.05, 3.63) is 16.4 Å². The minimum atomic E-state index is 0.392. The number of hydrogen-bond acceptors (Lipinski definition) is 4. The predicted molar refractivity (Wildman–Crippen MR) is 79.8 cm³/mol. The molecule has 0 aliphatic carbocycles. The van der Waals surface area contributed by atoms with E-state index in [0.29, 0.717) is 6.04 Å². The zero-order valence-corrected chi connectivity index (χ0v) is 12.3. The highest BCUT2D eigenvalue weighted by atomic mass is 15.9. The lowest BCUT2D eigenvalue weighted by molar-refractivity contribution is 0.219. The summed E-state index contributed by atoms with van der Waals surface area (Å²) in [5, 5.41) is 10.9. The van der Waals surface area contributed by atoms with E-state index in [2.05, 4.69) is 73.6 Å². The van der Waals surface area contributed by atoms with Gasteiger partial charge in [-0.3, -0.25) is 20.3 Å². The molecule has 0 N–H and O–H groups in total. The molecule has 0 bridgehead atoms. The van der Waals surface area contributed by atoms with Gasteiger partial charge in [0.2, 0.25) is 0 Å². The second kappa shape index (κ2) is 3.83. The number of benzene rings is 1. The Morgan fingerprint density at radius 3 is 2.21 bits per heavy atom. The summed E-state index contributed by atoms with van der Waals surface area (Å²) in [6.07, 6.45) is 2.73. The van der Waals surface area contributed by atoms with Crippen molar-refractivity contribution in [2.45, 2.75) is 33.7 Å². The van der Waals surface area contributed by atoms with E-state index in [9.17, 15) is 0 Å². The molecule has 1 aromatic carbocycles. The van der Waals surface area contributed by atoms with Gasteiger partial charge in [-0.05, 0) is 27.7 Å². The molecule has 0 unspecified atom stereocenters. The fourth-order valence-corrected chi connectivity index (χ4v) is 3.22. The Morgan fingerprint density at radius 2 is 1.63 bits per heavy atom. The van der Waals surface area contributed by atoms with Crippen LogP contribution in [-0.2, 0) is 0 Å². The van der Waals surface area contributed by atoms with Crippen LogP contribution in [0.4, 0.5) is 22.7 Å². The van der Waals surface area contributed by atoms with Gasteiger partial charge >= 0.3 is 0 Å². The molecule has 5 nitrogen and oxygen atoms in total. The first kappa shape index (κ1) is 12.2. The highest BCUT2D eigenvalue weighted by molar-refractivity contribution is 6.04. The van der Waals surface area contributed by atoms with Crippen molar-refractivity contribution in [3.63, 3.8) is 0 Å². The van der Waals surface area contributed by atoms with Gasteiger partial charge < -0.3 is 0 Å². The fraction of sp³-hybridized carbons (Fsp3) is 0.500. The normalized spacial score (nSPS) is 16.8. The maximum Gasteiger partial charge on any atom is 0.130 e. The van der Waals surface area contributed by atoms with E-state index in [1.54, 1.807) is 0 Å². The molecule has 0 saturated heterocycles. The van der Waals surface area contributed by atoms with Gasteiger partial charge in [0, 0.05) is 26.5 Å². The van der Waals surface area contributed by atoms with Crippen molar-refractivity contribution in [3.8, 4) is 0 Å². The fourth-order valence-electron chi connectivity index (χ4n) is 3.22. The van der Waals surface area contributed by atoms with Crippen molar-refractivity contribution < 1.29 is 0 Å². The van der Waals surface area contributed by atoms with Gasteiger partial charge in [0.25, 0.3) is 0 Å². The van der Waals surface area contributed by atoms with Gasteiger partial charge in [0.15, 0.2) is 0 Å². The molecule has 0 spiro atoms. The molecule has 100 valence electrons.